The Kier molecular flexibility index (Phi) is 3.48. The Morgan fingerprint density at radius 1 is 1.22 bits per heavy atom. The molecule has 2 fully saturated rings. The van der Waals surface area contributed by atoms with E-state index in [0.717, 1.165) is 26.4 Å². The number of likely N-dealkylation sites (tertiary alicyclic amines) is 1. The molecule has 18 heavy (non-hydrogen) atoms. The molecule has 3 nitrogen and oxygen atoms in total. The minimum absolute atomic E-state index is 0.537. The molecule has 2 heterocycles. The highest BCUT2D eigenvalue weighted by molar-refractivity contribution is 7.80. The Balaban J connectivity index is 1.70. The molecular weight excluding hydrogens is 244 g/mol. The first kappa shape index (κ1) is 11.9. The average molecular weight is 262 g/mol. The molecule has 0 N–H and O–H groups in total. The van der Waals surface area contributed by atoms with Gasteiger partial charge in [0.15, 0.2) is 0 Å². The van der Waals surface area contributed by atoms with Crippen molar-refractivity contribution in [2.24, 2.45) is 0 Å². The standard InChI is InChI=1S/C14H18N2OS/c18-14-16(9-10-17-14)11-15-8-4-7-13(15)12-5-2-1-3-6-12/h1-3,5-6,13H,4,7-11H2. The van der Waals surface area contributed by atoms with Gasteiger partial charge in [0.1, 0.15) is 6.61 Å². The second-order valence-electron chi connectivity index (χ2n) is 4.90. The zero-order chi connectivity index (χ0) is 12.4. The summed E-state index contributed by atoms with van der Waals surface area (Å²) < 4.78 is 5.35. The minimum atomic E-state index is 0.537. The third-order valence-electron chi connectivity index (χ3n) is 3.75. The molecule has 2 aliphatic heterocycles. The second kappa shape index (κ2) is 5.24. The van der Waals surface area contributed by atoms with Crippen LogP contribution in [0.3, 0.4) is 0 Å². The van der Waals surface area contributed by atoms with Crippen LogP contribution < -0.4 is 0 Å². The molecule has 0 amide bonds. The summed E-state index contributed by atoms with van der Waals surface area (Å²) in [5.41, 5.74) is 1.42. The summed E-state index contributed by atoms with van der Waals surface area (Å²) in [5, 5.41) is 0.661. The molecule has 2 saturated heterocycles. The van der Waals surface area contributed by atoms with Gasteiger partial charge >= 0.3 is 0 Å². The van der Waals surface area contributed by atoms with E-state index >= 15 is 0 Å². The predicted octanol–water partition coefficient (Wildman–Crippen LogP) is 2.40. The molecule has 2 aliphatic rings. The molecule has 1 aromatic carbocycles. The maximum atomic E-state index is 5.35. The molecule has 96 valence electrons. The van der Waals surface area contributed by atoms with E-state index in [4.69, 9.17) is 17.0 Å². The van der Waals surface area contributed by atoms with Crippen LogP contribution in [0.1, 0.15) is 24.4 Å². The lowest BCUT2D eigenvalue weighted by atomic mass is 10.1. The maximum absolute atomic E-state index is 5.35. The summed E-state index contributed by atoms with van der Waals surface area (Å²) in [6.07, 6.45) is 2.51. The van der Waals surface area contributed by atoms with Crippen LogP contribution in [0.4, 0.5) is 0 Å². The summed E-state index contributed by atoms with van der Waals surface area (Å²) in [6, 6.07) is 11.3. The number of thiocarbonyl (C=S) groups is 1. The number of hydrogen-bond acceptors (Lipinski definition) is 3. The number of nitrogens with zero attached hydrogens (tertiary/aromatic N) is 2. The minimum Gasteiger partial charge on any atom is -0.469 e. The first-order valence-electron chi connectivity index (χ1n) is 6.55. The van der Waals surface area contributed by atoms with Crippen LogP contribution in [0, 0.1) is 0 Å². The molecule has 0 bridgehead atoms. The van der Waals surface area contributed by atoms with Crippen molar-refractivity contribution in [3.63, 3.8) is 0 Å². The van der Waals surface area contributed by atoms with Gasteiger partial charge in [-0.05, 0) is 30.6 Å². The van der Waals surface area contributed by atoms with Gasteiger partial charge in [-0.2, -0.15) is 0 Å². The SMILES string of the molecule is S=C1OCCN1CN1CCCC1c1ccccc1. The average Bonchev–Trinajstić information content (AvgIpc) is 3.01. The first-order chi connectivity index (χ1) is 8.84. The number of hydrogen-bond donors (Lipinski definition) is 0. The fraction of sp³-hybridized carbons (Fsp3) is 0.500. The van der Waals surface area contributed by atoms with E-state index in [1.54, 1.807) is 0 Å². The Labute approximate surface area is 113 Å². The lowest BCUT2D eigenvalue weighted by molar-refractivity contribution is 0.182. The Morgan fingerprint density at radius 2 is 2.06 bits per heavy atom. The molecule has 3 rings (SSSR count). The second-order valence-corrected chi connectivity index (χ2v) is 5.25. The van der Waals surface area contributed by atoms with Gasteiger partial charge in [0, 0.05) is 12.6 Å². The monoisotopic (exact) mass is 262 g/mol. The Hall–Kier alpha value is -1.13. The highest BCUT2D eigenvalue weighted by Crippen LogP contribution is 2.31. The van der Waals surface area contributed by atoms with Crippen molar-refractivity contribution in [2.75, 3.05) is 26.4 Å². The van der Waals surface area contributed by atoms with Crippen molar-refractivity contribution in [1.82, 2.24) is 9.80 Å². The van der Waals surface area contributed by atoms with E-state index in [9.17, 15) is 0 Å². The van der Waals surface area contributed by atoms with Crippen LogP contribution in [0.5, 0.6) is 0 Å². The first-order valence-corrected chi connectivity index (χ1v) is 6.96. The van der Waals surface area contributed by atoms with E-state index in [-0.39, 0.29) is 0 Å². The van der Waals surface area contributed by atoms with Crippen molar-refractivity contribution in [3.05, 3.63) is 35.9 Å². The fourth-order valence-corrected chi connectivity index (χ4v) is 3.05. The van der Waals surface area contributed by atoms with Gasteiger partial charge in [0.2, 0.25) is 0 Å². The zero-order valence-corrected chi connectivity index (χ0v) is 11.2. The van der Waals surface area contributed by atoms with E-state index < -0.39 is 0 Å². The molecule has 0 radical (unpaired) electrons. The van der Waals surface area contributed by atoms with Crippen molar-refractivity contribution in [2.45, 2.75) is 18.9 Å². The Morgan fingerprint density at radius 3 is 2.78 bits per heavy atom. The van der Waals surface area contributed by atoms with Crippen LogP contribution in [-0.2, 0) is 4.74 Å². The Bertz CT molecular complexity index is 423. The van der Waals surface area contributed by atoms with Gasteiger partial charge in [-0.15, -0.1) is 0 Å². The van der Waals surface area contributed by atoms with Gasteiger partial charge in [0.05, 0.1) is 13.2 Å². The number of ether oxygens (including phenoxy) is 1. The van der Waals surface area contributed by atoms with Crippen LogP contribution in [0.25, 0.3) is 0 Å². The topological polar surface area (TPSA) is 15.7 Å². The zero-order valence-electron chi connectivity index (χ0n) is 10.4. The highest BCUT2D eigenvalue weighted by atomic mass is 32.1. The molecule has 1 unspecified atom stereocenters. The molecule has 0 saturated carbocycles. The smallest absolute Gasteiger partial charge is 0.260 e. The molecule has 0 spiro atoms. The highest BCUT2D eigenvalue weighted by Gasteiger charge is 2.29. The summed E-state index contributed by atoms with van der Waals surface area (Å²) in [6.45, 7) is 3.72. The van der Waals surface area contributed by atoms with Crippen molar-refractivity contribution >= 4 is 17.4 Å². The van der Waals surface area contributed by atoms with Gasteiger partial charge in [0.25, 0.3) is 5.17 Å². The molecule has 0 aliphatic carbocycles. The van der Waals surface area contributed by atoms with Crippen molar-refractivity contribution in [3.8, 4) is 0 Å². The van der Waals surface area contributed by atoms with Crippen LogP contribution in [0.15, 0.2) is 30.3 Å². The third kappa shape index (κ3) is 2.35. The predicted molar refractivity (Wildman–Crippen MR) is 75.2 cm³/mol. The molecule has 4 heteroatoms. The van der Waals surface area contributed by atoms with E-state index in [1.807, 2.05) is 0 Å². The molecule has 1 atom stereocenters. The number of benzene rings is 1. The summed E-state index contributed by atoms with van der Waals surface area (Å²) in [5.74, 6) is 0. The van der Waals surface area contributed by atoms with Crippen molar-refractivity contribution < 1.29 is 4.74 Å². The molecule has 0 aromatic heterocycles. The lowest BCUT2D eigenvalue weighted by Gasteiger charge is -2.29. The summed E-state index contributed by atoms with van der Waals surface area (Å²) in [4.78, 5) is 4.67. The number of rotatable bonds is 3. The van der Waals surface area contributed by atoms with Crippen LogP contribution in [0.2, 0.25) is 0 Å². The summed E-state index contributed by atoms with van der Waals surface area (Å²) >= 11 is 5.21. The largest absolute Gasteiger partial charge is 0.469 e. The van der Waals surface area contributed by atoms with Gasteiger partial charge in [-0.25, -0.2) is 0 Å². The van der Waals surface area contributed by atoms with Crippen LogP contribution >= 0.6 is 12.2 Å². The quantitative estimate of drug-likeness (QED) is 0.777. The van der Waals surface area contributed by atoms with Gasteiger partial charge in [-0.3, -0.25) is 4.90 Å². The summed E-state index contributed by atoms with van der Waals surface area (Å²) in [7, 11) is 0. The van der Waals surface area contributed by atoms with E-state index in [1.165, 1.54) is 18.4 Å². The third-order valence-corrected chi connectivity index (χ3v) is 4.12. The van der Waals surface area contributed by atoms with E-state index in [0.29, 0.717) is 11.2 Å². The maximum Gasteiger partial charge on any atom is 0.260 e. The van der Waals surface area contributed by atoms with E-state index in [2.05, 4.69) is 40.1 Å². The molecular formula is C14H18N2OS. The van der Waals surface area contributed by atoms with Gasteiger partial charge in [-0.1, -0.05) is 30.3 Å². The van der Waals surface area contributed by atoms with Crippen LogP contribution in [-0.4, -0.2) is 41.3 Å². The lowest BCUT2D eigenvalue weighted by Crippen LogP contribution is -2.38. The van der Waals surface area contributed by atoms with Crippen molar-refractivity contribution in [1.29, 1.82) is 0 Å². The van der Waals surface area contributed by atoms with Gasteiger partial charge < -0.3 is 9.64 Å². The normalized spacial score (nSPS) is 24.6. The fourth-order valence-electron chi connectivity index (χ4n) is 2.82. The molecule has 1 aromatic rings.